The van der Waals surface area contributed by atoms with Gasteiger partial charge in [0.15, 0.2) is 0 Å². The minimum Gasteiger partial charge on any atom is -0.496 e. The first-order valence-electron chi connectivity index (χ1n) is 7.47. The number of halogens is 1. The van der Waals surface area contributed by atoms with Crippen LogP contribution in [0.25, 0.3) is 0 Å². The van der Waals surface area contributed by atoms with E-state index < -0.39 is 0 Å². The molecular weight excluding hydrogens is 312 g/mol. The predicted molar refractivity (Wildman–Crippen MR) is 94.6 cm³/mol. The molecule has 0 radical (unpaired) electrons. The zero-order valence-electron chi connectivity index (χ0n) is 13.7. The Bertz CT molecular complexity index is 630. The van der Waals surface area contributed by atoms with Gasteiger partial charge < -0.3 is 10.1 Å². The third kappa shape index (κ3) is 5.25. The standard InChI is InChI=1S/C18H22N2O2.ClH/c1-13(2)15-7-6-14(17(11-15)22-3)8-10-20-18(21)16-5-4-9-19-12-16;/h4-7,9,11-13H,8,10H2,1-3H3,(H,20,21);1H. The number of pyridine rings is 1. The topological polar surface area (TPSA) is 51.2 Å². The minimum absolute atomic E-state index is 0. The van der Waals surface area contributed by atoms with E-state index in [0.717, 1.165) is 17.7 Å². The van der Waals surface area contributed by atoms with Crippen molar-refractivity contribution in [3.05, 3.63) is 59.4 Å². The van der Waals surface area contributed by atoms with Gasteiger partial charge in [0.2, 0.25) is 0 Å². The first kappa shape index (κ1) is 19.0. The van der Waals surface area contributed by atoms with Crippen LogP contribution in [0.1, 0.15) is 41.3 Å². The van der Waals surface area contributed by atoms with Crippen molar-refractivity contribution in [3.8, 4) is 5.75 Å². The lowest BCUT2D eigenvalue weighted by atomic mass is 10.00. The van der Waals surface area contributed by atoms with Gasteiger partial charge in [0.05, 0.1) is 12.7 Å². The summed E-state index contributed by atoms with van der Waals surface area (Å²) in [6, 6.07) is 9.77. The van der Waals surface area contributed by atoms with E-state index in [1.165, 1.54) is 5.56 Å². The van der Waals surface area contributed by atoms with Crippen LogP contribution in [0.2, 0.25) is 0 Å². The number of methoxy groups -OCH3 is 1. The number of carbonyl (C=O) groups excluding carboxylic acids is 1. The van der Waals surface area contributed by atoms with Gasteiger partial charge in [0, 0.05) is 18.9 Å². The molecule has 1 amide bonds. The highest BCUT2D eigenvalue weighted by molar-refractivity contribution is 5.93. The molecule has 0 bridgehead atoms. The highest BCUT2D eigenvalue weighted by Crippen LogP contribution is 2.24. The molecule has 0 aliphatic heterocycles. The molecule has 2 aromatic rings. The van der Waals surface area contributed by atoms with Gasteiger partial charge in [0.1, 0.15) is 5.75 Å². The number of hydrogen-bond acceptors (Lipinski definition) is 3. The van der Waals surface area contributed by atoms with Gasteiger partial charge in [-0.2, -0.15) is 0 Å². The third-order valence-corrected chi connectivity index (χ3v) is 3.58. The van der Waals surface area contributed by atoms with Gasteiger partial charge in [0.25, 0.3) is 5.91 Å². The Morgan fingerprint density at radius 3 is 2.70 bits per heavy atom. The Labute approximate surface area is 143 Å². The van der Waals surface area contributed by atoms with Gasteiger partial charge in [-0.05, 0) is 41.7 Å². The van der Waals surface area contributed by atoms with Crippen molar-refractivity contribution in [2.75, 3.05) is 13.7 Å². The normalized spacial score (nSPS) is 10.1. The molecule has 1 aromatic heterocycles. The van der Waals surface area contributed by atoms with E-state index in [9.17, 15) is 4.79 Å². The quantitative estimate of drug-likeness (QED) is 0.878. The fourth-order valence-corrected chi connectivity index (χ4v) is 2.24. The van der Waals surface area contributed by atoms with Crippen molar-refractivity contribution in [1.82, 2.24) is 10.3 Å². The summed E-state index contributed by atoms with van der Waals surface area (Å²) in [5.74, 6) is 1.24. The number of hydrogen-bond donors (Lipinski definition) is 1. The number of benzene rings is 1. The number of amides is 1. The third-order valence-electron chi connectivity index (χ3n) is 3.58. The van der Waals surface area contributed by atoms with E-state index in [0.29, 0.717) is 18.0 Å². The fourth-order valence-electron chi connectivity index (χ4n) is 2.24. The molecule has 4 nitrogen and oxygen atoms in total. The number of carbonyl (C=O) groups is 1. The summed E-state index contributed by atoms with van der Waals surface area (Å²) >= 11 is 0. The van der Waals surface area contributed by atoms with Crippen molar-refractivity contribution < 1.29 is 9.53 Å². The largest absolute Gasteiger partial charge is 0.496 e. The van der Waals surface area contributed by atoms with Crippen LogP contribution in [-0.4, -0.2) is 24.5 Å². The molecule has 23 heavy (non-hydrogen) atoms. The molecule has 2 rings (SSSR count). The number of nitrogens with zero attached hydrogens (tertiary/aromatic N) is 1. The maximum Gasteiger partial charge on any atom is 0.252 e. The van der Waals surface area contributed by atoms with Crippen molar-refractivity contribution in [2.24, 2.45) is 0 Å². The van der Waals surface area contributed by atoms with E-state index in [1.54, 1.807) is 31.6 Å². The van der Waals surface area contributed by atoms with E-state index in [1.807, 2.05) is 0 Å². The van der Waals surface area contributed by atoms with Crippen LogP contribution in [0, 0.1) is 0 Å². The molecule has 0 aliphatic carbocycles. The Kier molecular flexibility index (Phi) is 7.55. The monoisotopic (exact) mass is 334 g/mol. The SMILES string of the molecule is COc1cc(C(C)C)ccc1CCNC(=O)c1cccnc1.Cl. The fraction of sp³-hybridized carbons (Fsp3) is 0.333. The molecule has 1 N–H and O–H groups in total. The average molecular weight is 335 g/mol. The lowest BCUT2D eigenvalue weighted by molar-refractivity contribution is 0.0953. The lowest BCUT2D eigenvalue weighted by Gasteiger charge is -2.13. The lowest BCUT2D eigenvalue weighted by Crippen LogP contribution is -2.25. The first-order chi connectivity index (χ1) is 10.6. The molecule has 124 valence electrons. The molecule has 0 unspecified atom stereocenters. The molecule has 0 atom stereocenters. The van der Waals surface area contributed by atoms with Crippen molar-refractivity contribution >= 4 is 18.3 Å². The zero-order valence-corrected chi connectivity index (χ0v) is 14.5. The predicted octanol–water partition coefficient (Wildman–Crippen LogP) is 3.61. The molecule has 0 saturated carbocycles. The van der Waals surface area contributed by atoms with Crippen LogP contribution in [0.3, 0.4) is 0 Å². The van der Waals surface area contributed by atoms with Gasteiger partial charge in [-0.15, -0.1) is 12.4 Å². The van der Waals surface area contributed by atoms with Gasteiger partial charge >= 0.3 is 0 Å². The van der Waals surface area contributed by atoms with E-state index in [-0.39, 0.29) is 18.3 Å². The Balaban J connectivity index is 0.00000264. The smallest absolute Gasteiger partial charge is 0.252 e. The Morgan fingerprint density at radius 2 is 2.09 bits per heavy atom. The van der Waals surface area contributed by atoms with E-state index in [2.05, 4.69) is 42.3 Å². The van der Waals surface area contributed by atoms with Gasteiger partial charge in [-0.1, -0.05) is 26.0 Å². The molecule has 5 heteroatoms. The molecule has 0 saturated heterocycles. The van der Waals surface area contributed by atoms with Crippen molar-refractivity contribution in [2.45, 2.75) is 26.2 Å². The number of ether oxygens (including phenoxy) is 1. The summed E-state index contributed by atoms with van der Waals surface area (Å²) in [5.41, 5.74) is 2.92. The summed E-state index contributed by atoms with van der Waals surface area (Å²) in [7, 11) is 1.68. The summed E-state index contributed by atoms with van der Waals surface area (Å²) in [5, 5.41) is 2.90. The maximum atomic E-state index is 12.0. The van der Waals surface area contributed by atoms with Crippen LogP contribution < -0.4 is 10.1 Å². The number of rotatable bonds is 6. The molecule has 1 aromatic carbocycles. The second-order valence-corrected chi connectivity index (χ2v) is 5.47. The summed E-state index contributed by atoms with van der Waals surface area (Å²) in [4.78, 5) is 15.9. The first-order valence-corrected chi connectivity index (χ1v) is 7.47. The highest BCUT2D eigenvalue weighted by atomic mass is 35.5. The molecule has 0 fully saturated rings. The van der Waals surface area contributed by atoms with Gasteiger partial charge in [-0.25, -0.2) is 0 Å². The molecule has 0 spiro atoms. The molecule has 1 heterocycles. The Hall–Kier alpha value is -2.07. The number of aromatic nitrogens is 1. The van der Waals surface area contributed by atoms with E-state index in [4.69, 9.17) is 4.74 Å². The summed E-state index contributed by atoms with van der Waals surface area (Å²) < 4.78 is 5.46. The van der Waals surface area contributed by atoms with Crippen molar-refractivity contribution in [1.29, 1.82) is 0 Å². The minimum atomic E-state index is -0.106. The van der Waals surface area contributed by atoms with Crippen LogP contribution in [0.4, 0.5) is 0 Å². The van der Waals surface area contributed by atoms with E-state index >= 15 is 0 Å². The van der Waals surface area contributed by atoms with Gasteiger partial charge in [-0.3, -0.25) is 9.78 Å². The Morgan fingerprint density at radius 1 is 1.30 bits per heavy atom. The summed E-state index contributed by atoms with van der Waals surface area (Å²) in [6.07, 6.45) is 3.94. The maximum absolute atomic E-state index is 12.0. The second-order valence-electron chi connectivity index (χ2n) is 5.47. The molecule has 0 aliphatic rings. The van der Waals surface area contributed by atoms with Crippen molar-refractivity contribution in [3.63, 3.8) is 0 Å². The van der Waals surface area contributed by atoms with Crippen LogP contribution in [-0.2, 0) is 6.42 Å². The number of nitrogens with one attached hydrogen (secondary N) is 1. The zero-order chi connectivity index (χ0) is 15.9. The molecular formula is C18H23ClN2O2. The average Bonchev–Trinajstić information content (AvgIpc) is 2.55. The summed E-state index contributed by atoms with van der Waals surface area (Å²) in [6.45, 7) is 4.87. The second kappa shape index (κ2) is 9.16. The van der Waals surface area contributed by atoms with Crippen LogP contribution >= 0.6 is 12.4 Å². The van der Waals surface area contributed by atoms with Crippen LogP contribution in [0.5, 0.6) is 5.75 Å². The highest BCUT2D eigenvalue weighted by Gasteiger charge is 2.08. The van der Waals surface area contributed by atoms with Crippen LogP contribution in [0.15, 0.2) is 42.7 Å².